The molecule has 2 rings (SSSR count). The van der Waals surface area contributed by atoms with Gasteiger partial charge in [0.1, 0.15) is 0 Å². The van der Waals surface area contributed by atoms with E-state index in [0.717, 1.165) is 23.5 Å². The molecule has 6 heteroatoms. The summed E-state index contributed by atoms with van der Waals surface area (Å²) in [5.41, 5.74) is 0.669. The van der Waals surface area contributed by atoms with Crippen LogP contribution in [0.3, 0.4) is 0 Å². The molecule has 1 atom stereocenters. The fourth-order valence-corrected chi connectivity index (χ4v) is 3.03. The van der Waals surface area contributed by atoms with Gasteiger partial charge in [-0.1, -0.05) is 22.9 Å². The highest BCUT2D eigenvalue weighted by Gasteiger charge is 2.18. The van der Waals surface area contributed by atoms with Gasteiger partial charge >= 0.3 is 0 Å². The topological polar surface area (TPSA) is 56.7 Å². The Balaban J connectivity index is 1.73. The van der Waals surface area contributed by atoms with Crippen molar-refractivity contribution in [3.8, 4) is 0 Å². The Kier molecular flexibility index (Phi) is 6.89. The van der Waals surface area contributed by atoms with E-state index in [4.69, 9.17) is 0 Å². The predicted molar refractivity (Wildman–Crippen MR) is 97.8 cm³/mol. The SMILES string of the molecule is CN=C(NCCNC(=O)c1ccc(Br)cc1)N1CCCC(C)C1. The van der Waals surface area contributed by atoms with Crippen LogP contribution >= 0.6 is 15.9 Å². The summed E-state index contributed by atoms with van der Waals surface area (Å²) in [6.07, 6.45) is 2.50. The summed E-state index contributed by atoms with van der Waals surface area (Å²) in [6.45, 7) is 5.61. The van der Waals surface area contributed by atoms with E-state index in [9.17, 15) is 4.79 Å². The zero-order valence-electron chi connectivity index (χ0n) is 13.8. The quantitative estimate of drug-likeness (QED) is 0.479. The summed E-state index contributed by atoms with van der Waals surface area (Å²) in [7, 11) is 1.81. The summed E-state index contributed by atoms with van der Waals surface area (Å²) >= 11 is 3.36. The minimum atomic E-state index is -0.0547. The number of benzene rings is 1. The molecule has 1 amide bonds. The van der Waals surface area contributed by atoms with Crippen LogP contribution in [0.15, 0.2) is 33.7 Å². The van der Waals surface area contributed by atoms with Crippen LogP contribution in [0.2, 0.25) is 0 Å². The average Bonchev–Trinajstić information content (AvgIpc) is 2.55. The van der Waals surface area contributed by atoms with Crippen LogP contribution in [0.4, 0.5) is 0 Å². The molecule has 1 unspecified atom stereocenters. The van der Waals surface area contributed by atoms with Crippen LogP contribution in [-0.4, -0.2) is 50.0 Å². The number of hydrogen-bond acceptors (Lipinski definition) is 2. The van der Waals surface area contributed by atoms with Crippen molar-refractivity contribution in [2.75, 3.05) is 33.2 Å². The van der Waals surface area contributed by atoms with E-state index >= 15 is 0 Å². The Labute approximate surface area is 146 Å². The van der Waals surface area contributed by atoms with E-state index in [-0.39, 0.29) is 5.91 Å². The summed E-state index contributed by atoms with van der Waals surface area (Å²) < 4.78 is 0.968. The van der Waals surface area contributed by atoms with Gasteiger partial charge in [-0.15, -0.1) is 0 Å². The standard InChI is InChI=1S/C17H25BrN4O/c1-13-4-3-11-22(12-13)17(19-2)21-10-9-20-16(23)14-5-7-15(18)8-6-14/h5-8,13H,3-4,9-12H2,1-2H3,(H,19,21)(H,20,23). The molecule has 126 valence electrons. The van der Waals surface area contributed by atoms with Gasteiger partial charge in [0.2, 0.25) is 0 Å². The lowest BCUT2D eigenvalue weighted by atomic mass is 10.0. The molecule has 5 nitrogen and oxygen atoms in total. The largest absolute Gasteiger partial charge is 0.354 e. The number of guanidine groups is 1. The summed E-state index contributed by atoms with van der Waals surface area (Å²) in [4.78, 5) is 18.7. The lowest BCUT2D eigenvalue weighted by Crippen LogP contribution is -2.47. The number of nitrogens with zero attached hydrogens (tertiary/aromatic N) is 2. The van der Waals surface area contributed by atoms with Crippen LogP contribution in [0, 0.1) is 5.92 Å². The van der Waals surface area contributed by atoms with E-state index in [1.54, 1.807) is 12.1 Å². The highest BCUT2D eigenvalue weighted by molar-refractivity contribution is 9.10. The van der Waals surface area contributed by atoms with E-state index < -0.39 is 0 Å². The second-order valence-electron chi connectivity index (χ2n) is 5.93. The van der Waals surface area contributed by atoms with Gasteiger partial charge in [0.05, 0.1) is 0 Å². The highest BCUT2D eigenvalue weighted by Crippen LogP contribution is 2.15. The summed E-state index contributed by atoms with van der Waals surface area (Å²) in [6, 6.07) is 7.35. The molecular weight excluding hydrogens is 356 g/mol. The second kappa shape index (κ2) is 8.91. The zero-order chi connectivity index (χ0) is 16.7. The van der Waals surface area contributed by atoms with Gasteiger partial charge in [-0.25, -0.2) is 0 Å². The van der Waals surface area contributed by atoms with Gasteiger partial charge < -0.3 is 15.5 Å². The van der Waals surface area contributed by atoms with Crippen molar-refractivity contribution >= 4 is 27.8 Å². The first-order chi connectivity index (χ1) is 11.1. The van der Waals surface area contributed by atoms with Crippen LogP contribution in [0.1, 0.15) is 30.1 Å². The monoisotopic (exact) mass is 380 g/mol. The van der Waals surface area contributed by atoms with Crippen molar-refractivity contribution < 1.29 is 4.79 Å². The molecule has 0 radical (unpaired) electrons. The van der Waals surface area contributed by atoms with Crippen molar-refractivity contribution in [3.05, 3.63) is 34.3 Å². The molecule has 1 aliphatic heterocycles. The number of carbonyl (C=O) groups is 1. The van der Waals surface area contributed by atoms with Gasteiger partial charge in [-0.05, 0) is 43.0 Å². The maximum atomic E-state index is 12.0. The molecule has 0 aromatic heterocycles. The fraction of sp³-hybridized carbons (Fsp3) is 0.529. The zero-order valence-corrected chi connectivity index (χ0v) is 15.4. The fourth-order valence-electron chi connectivity index (χ4n) is 2.77. The molecule has 0 bridgehead atoms. The van der Waals surface area contributed by atoms with Gasteiger partial charge in [0.25, 0.3) is 5.91 Å². The van der Waals surface area contributed by atoms with Crippen LogP contribution in [-0.2, 0) is 0 Å². The lowest BCUT2D eigenvalue weighted by Gasteiger charge is -2.33. The van der Waals surface area contributed by atoms with Crippen LogP contribution in [0.5, 0.6) is 0 Å². The number of aliphatic imine (C=N–C) groups is 1. The molecule has 1 aromatic carbocycles. The molecule has 1 heterocycles. The van der Waals surface area contributed by atoms with E-state index in [1.807, 2.05) is 19.2 Å². The third-order valence-corrected chi connectivity index (χ3v) is 4.50. The molecule has 0 aliphatic carbocycles. The smallest absolute Gasteiger partial charge is 0.251 e. The first kappa shape index (κ1) is 17.8. The molecule has 1 fully saturated rings. The number of carbonyl (C=O) groups excluding carboxylic acids is 1. The van der Waals surface area contributed by atoms with Gasteiger partial charge in [-0.3, -0.25) is 9.79 Å². The number of rotatable bonds is 4. The Bertz CT molecular complexity index is 544. The maximum absolute atomic E-state index is 12.0. The molecule has 0 saturated carbocycles. The minimum Gasteiger partial charge on any atom is -0.354 e. The molecule has 23 heavy (non-hydrogen) atoms. The van der Waals surface area contributed by atoms with Crippen molar-refractivity contribution in [2.45, 2.75) is 19.8 Å². The highest BCUT2D eigenvalue weighted by atomic mass is 79.9. The Morgan fingerprint density at radius 3 is 2.65 bits per heavy atom. The molecule has 1 aromatic rings. The van der Waals surface area contributed by atoms with Crippen molar-refractivity contribution in [1.29, 1.82) is 0 Å². The summed E-state index contributed by atoms with van der Waals surface area (Å²) in [5.74, 6) is 1.58. The van der Waals surface area contributed by atoms with E-state index in [1.165, 1.54) is 12.8 Å². The number of piperidine rings is 1. The Morgan fingerprint density at radius 1 is 1.30 bits per heavy atom. The molecular formula is C17H25BrN4O. The van der Waals surface area contributed by atoms with Crippen LogP contribution in [0.25, 0.3) is 0 Å². The lowest BCUT2D eigenvalue weighted by molar-refractivity contribution is 0.0954. The normalized spacial score (nSPS) is 18.7. The Hall–Kier alpha value is -1.56. The average molecular weight is 381 g/mol. The van der Waals surface area contributed by atoms with Gasteiger partial charge in [0, 0.05) is 43.3 Å². The second-order valence-corrected chi connectivity index (χ2v) is 6.85. The maximum Gasteiger partial charge on any atom is 0.251 e. The first-order valence-electron chi connectivity index (χ1n) is 8.09. The van der Waals surface area contributed by atoms with E-state index in [0.29, 0.717) is 24.6 Å². The van der Waals surface area contributed by atoms with Gasteiger partial charge in [0.15, 0.2) is 5.96 Å². The number of amides is 1. The molecule has 1 aliphatic rings. The minimum absolute atomic E-state index is 0.0547. The molecule has 0 spiro atoms. The summed E-state index contributed by atoms with van der Waals surface area (Å²) in [5, 5.41) is 6.25. The van der Waals surface area contributed by atoms with E-state index in [2.05, 4.69) is 43.4 Å². The van der Waals surface area contributed by atoms with Gasteiger partial charge in [-0.2, -0.15) is 0 Å². The number of halogens is 1. The Morgan fingerprint density at radius 2 is 2.00 bits per heavy atom. The van der Waals surface area contributed by atoms with Crippen molar-refractivity contribution in [2.24, 2.45) is 10.9 Å². The number of nitrogens with one attached hydrogen (secondary N) is 2. The third kappa shape index (κ3) is 5.53. The van der Waals surface area contributed by atoms with Crippen molar-refractivity contribution in [3.63, 3.8) is 0 Å². The third-order valence-electron chi connectivity index (χ3n) is 3.97. The number of hydrogen-bond donors (Lipinski definition) is 2. The van der Waals surface area contributed by atoms with Crippen molar-refractivity contribution in [1.82, 2.24) is 15.5 Å². The van der Waals surface area contributed by atoms with Crippen LogP contribution < -0.4 is 10.6 Å². The molecule has 2 N–H and O–H groups in total. The predicted octanol–water partition coefficient (Wildman–Crippen LogP) is 2.49. The number of likely N-dealkylation sites (tertiary alicyclic amines) is 1. The molecule has 1 saturated heterocycles. The first-order valence-corrected chi connectivity index (χ1v) is 8.89.